The van der Waals surface area contributed by atoms with Gasteiger partial charge in [0.1, 0.15) is 11.2 Å². The van der Waals surface area contributed by atoms with Crippen LogP contribution < -0.4 is 0 Å². The molecule has 1 aliphatic heterocycles. The van der Waals surface area contributed by atoms with E-state index in [1.165, 1.54) is 11.8 Å². The molecule has 4 aliphatic carbocycles. The van der Waals surface area contributed by atoms with Crippen LogP contribution in [0.5, 0.6) is 0 Å². The molecule has 4 N–H and O–H groups in total. The lowest BCUT2D eigenvalue weighted by Crippen LogP contribution is -2.77. The monoisotopic (exact) mass is 428 g/mol. The SMILES string of the molecule is CSCOC1C2C3(C)CC4(O)OC(C5C(C)CCC53O)C2(O)C4(C)C1(O)C(C)C. The molecule has 0 aromatic rings. The van der Waals surface area contributed by atoms with Gasteiger partial charge in [-0.1, -0.05) is 27.7 Å². The summed E-state index contributed by atoms with van der Waals surface area (Å²) in [5.74, 6) is -2.28. The molecule has 166 valence electrons. The summed E-state index contributed by atoms with van der Waals surface area (Å²) in [6.07, 6.45) is 2.17. The first-order valence-corrected chi connectivity index (χ1v) is 12.4. The van der Waals surface area contributed by atoms with E-state index in [1.807, 2.05) is 27.0 Å². The molecule has 0 aromatic heterocycles. The summed E-state index contributed by atoms with van der Waals surface area (Å²) in [4.78, 5) is 0. The van der Waals surface area contributed by atoms with E-state index in [-0.39, 0.29) is 24.2 Å². The summed E-state index contributed by atoms with van der Waals surface area (Å²) in [5.41, 5.74) is -6.19. The lowest BCUT2D eigenvalue weighted by Gasteiger charge is -2.64. The standard InChI is InChI=1S/C22H36O6S/c1-11(2)21(25)16(27-10-29-6)14-17(4)9-20(24)18(21,5)22(14,26)15(28-20)13-12(3)7-8-19(13,17)23/h11-16,23-26H,7-10H2,1-6H3. The lowest BCUT2D eigenvalue weighted by atomic mass is 9.41. The van der Waals surface area contributed by atoms with Gasteiger partial charge >= 0.3 is 0 Å². The first-order chi connectivity index (χ1) is 13.3. The Bertz CT molecular complexity index is 749. The third kappa shape index (κ3) is 1.73. The van der Waals surface area contributed by atoms with Crippen LogP contribution in [0, 0.1) is 34.5 Å². The predicted molar refractivity (Wildman–Crippen MR) is 109 cm³/mol. The molecule has 0 amide bonds. The van der Waals surface area contributed by atoms with Crippen LogP contribution in [0.25, 0.3) is 0 Å². The minimum atomic E-state index is -1.73. The topological polar surface area (TPSA) is 99.4 Å². The molecule has 4 saturated carbocycles. The molecule has 5 rings (SSSR count). The Labute approximate surface area is 177 Å². The van der Waals surface area contributed by atoms with Crippen LogP contribution in [0.4, 0.5) is 0 Å². The van der Waals surface area contributed by atoms with Gasteiger partial charge in [0.05, 0.1) is 29.2 Å². The van der Waals surface area contributed by atoms with Crippen LogP contribution in [0.2, 0.25) is 0 Å². The molecule has 1 saturated heterocycles. The predicted octanol–water partition coefficient (Wildman–Crippen LogP) is 1.73. The average molecular weight is 429 g/mol. The second-order valence-electron chi connectivity index (χ2n) is 11.3. The number of rotatable bonds is 4. The van der Waals surface area contributed by atoms with E-state index in [9.17, 15) is 20.4 Å². The van der Waals surface area contributed by atoms with Gasteiger partial charge in [-0.15, -0.1) is 11.8 Å². The highest BCUT2D eigenvalue weighted by atomic mass is 32.2. The summed E-state index contributed by atoms with van der Waals surface area (Å²) >= 11 is 1.52. The minimum Gasteiger partial charge on any atom is -0.389 e. The highest BCUT2D eigenvalue weighted by molar-refractivity contribution is 7.98. The van der Waals surface area contributed by atoms with Crippen molar-refractivity contribution in [2.24, 2.45) is 34.5 Å². The molecule has 29 heavy (non-hydrogen) atoms. The second-order valence-corrected chi connectivity index (χ2v) is 12.1. The van der Waals surface area contributed by atoms with Crippen LogP contribution in [-0.2, 0) is 9.47 Å². The number of ether oxygens (including phenoxy) is 2. The van der Waals surface area contributed by atoms with Crippen molar-refractivity contribution in [3.63, 3.8) is 0 Å². The number of fused-ring (bicyclic) bond motifs is 3. The number of aliphatic hydroxyl groups is 4. The Morgan fingerprint density at radius 1 is 1.17 bits per heavy atom. The number of thioether (sulfide) groups is 1. The van der Waals surface area contributed by atoms with E-state index in [2.05, 4.69) is 6.92 Å². The van der Waals surface area contributed by atoms with Crippen molar-refractivity contribution in [2.45, 2.75) is 88.7 Å². The lowest BCUT2D eigenvalue weighted by molar-refractivity contribution is -0.320. The van der Waals surface area contributed by atoms with Crippen LogP contribution in [0.15, 0.2) is 0 Å². The highest BCUT2D eigenvalue weighted by Gasteiger charge is 2.97. The summed E-state index contributed by atoms with van der Waals surface area (Å²) in [5, 5.41) is 48.8. The van der Waals surface area contributed by atoms with Gasteiger partial charge in [-0.05, 0) is 37.9 Å². The molecule has 5 bridgehead atoms. The Hall–Kier alpha value is 0.110. The van der Waals surface area contributed by atoms with E-state index in [0.29, 0.717) is 12.4 Å². The molecule has 5 aliphatic rings. The smallest absolute Gasteiger partial charge is 0.177 e. The maximum absolute atomic E-state index is 12.5. The van der Waals surface area contributed by atoms with Gasteiger partial charge < -0.3 is 29.9 Å². The van der Waals surface area contributed by atoms with Crippen LogP contribution in [0.1, 0.15) is 53.9 Å². The van der Waals surface area contributed by atoms with E-state index < -0.39 is 51.5 Å². The van der Waals surface area contributed by atoms with Gasteiger partial charge in [-0.3, -0.25) is 0 Å². The van der Waals surface area contributed by atoms with E-state index in [1.54, 1.807) is 6.92 Å². The maximum Gasteiger partial charge on any atom is 0.177 e. The summed E-state index contributed by atoms with van der Waals surface area (Å²) in [6.45, 7) is 9.68. The van der Waals surface area contributed by atoms with Crippen molar-refractivity contribution < 1.29 is 29.9 Å². The molecule has 0 aromatic carbocycles. The Kier molecular flexibility index (Phi) is 4.00. The van der Waals surface area contributed by atoms with Crippen LogP contribution in [0.3, 0.4) is 0 Å². The van der Waals surface area contributed by atoms with Crippen molar-refractivity contribution in [3.05, 3.63) is 0 Å². The fourth-order valence-electron chi connectivity index (χ4n) is 9.07. The molecule has 6 nitrogen and oxygen atoms in total. The van der Waals surface area contributed by atoms with Crippen molar-refractivity contribution in [2.75, 3.05) is 12.2 Å². The summed E-state index contributed by atoms with van der Waals surface area (Å²) < 4.78 is 12.6. The van der Waals surface area contributed by atoms with E-state index in [0.717, 1.165) is 6.42 Å². The molecule has 0 spiro atoms. The van der Waals surface area contributed by atoms with Gasteiger partial charge in [-0.2, -0.15) is 0 Å². The summed E-state index contributed by atoms with van der Waals surface area (Å²) in [7, 11) is 0. The fourth-order valence-corrected chi connectivity index (χ4v) is 9.35. The zero-order valence-electron chi connectivity index (χ0n) is 18.3. The van der Waals surface area contributed by atoms with Crippen LogP contribution in [-0.4, -0.2) is 67.4 Å². The van der Waals surface area contributed by atoms with Crippen molar-refractivity contribution in [3.8, 4) is 0 Å². The summed E-state index contributed by atoms with van der Waals surface area (Å²) in [6, 6.07) is 0. The van der Waals surface area contributed by atoms with Gasteiger partial charge in [0.25, 0.3) is 0 Å². The Morgan fingerprint density at radius 3 is 2.41 bits per heavy atom. The first-order valence-electron chi connectivity index (χ1n) is 11.0. The minimum absolute atomic E-state index is 0.164. The Balaban J connectivity index is 1.82. The van der Waals surface area contributed by atoms with Crippen LogP contribution >= 0.6 is 11.8 Å². The highest BCUT2D eigenvalue weighted by Crippen LogP contribution is 2.84. The van der Waals surface area contributed by atoms with Gasteiger partial charge in [-0.25, -0.2) is 0 Å². The number of hydrogen-bond donors (Lipinski definition) is 4. The third-order valence-electron chi connectivity index (χ3n) is 10.3. The largest absolute Gasteiger partial charge is 0.389 e. The van der Waals surface area contributed by atoms with Gasteiger partial charge in [0.15, 0.2) is 5.79 Å². The molecule has 11 unspecified atom stereocenters. The molecule has 0 radical (unpaired) electrons. The van der Waals surface area contributed by atoms with Gasteiger partial charge in [0.2, 0.25) is 0 Å². The average Bonchev–Trinajstić information content (AvgIpc) is 3.02. The molecular weight excluding hydrogens is 392 g/mol. The van der Waals surface area contributed by atoms with Crippen molar-refractivity contribution in [1.82, 2.24) is 0 Å². The third-order valence-corrected chi connectivity index (χ3v) is 10.7. The fraction of sp³-hybridized carbons (Fsp3) is 1.00. The quantitative estimate of drug-likeness (QED) is 0.506. The van der Waals surface area contributed by atoms with Crippen molar-refractivity contribution >= 4 is 11.8 Å². The first kappa shape index (κ1) is 21.0. The molecular formula is C22H36O6S. The second kappa shape index (κ2) is 5.53. The van der Waals surface area contributed by atoms with Crippen molar-refractivity contribution in [1.29, 1.82) is 0 Å². The zero-order chi connectivity index (χ0) is 21.4. The van der Waals surface area contributed by atoms with E-state index >= 15 is 0 Å². The maximum atomic E-state index is 12.5. The van der Waals surface area contributed by atoms with E-state index in [4.69, 9.17) is 9.47 Å². The Morgan fingerprint density at radius 2 is 1.83 bits per heavy atom. The molecule has 5 fully saturated rings. The zero-order valence-corrected chi connectivity index (χ0v) is 19.1. The number of hydrogen-bond acceptors (Lipinski definition) is 7. The normalized spacial score (nSPS) is 64.9. The molecule has 7 heteroatoms. The molecule has 1 heterocycles. The van der Waals surface area contributed by atoms with Gasteiger partial charge in [0, 0.05) is 23.7 Å². The molecule has 11 atom stereocenters.